The van der Waals surface area contributed by atoms with E-state index in [0.717, 1.165) is 43.1 Å². The number of hydrogen-bond donors (Lipinski definition) is 0. The maximum absolute atomic E-state index is 12.0. The van der Waals surface area contributed by atoms with Crippen LogP contribution in [0.15, 0.2) is 12.3 Å². The number of anilines is 1. The Hall–Kier alpha value is -0.660. The molecule has 0 spiro atoms. The van der Waals surface area contributed by atoms with Crippen LogP contribution in [0, 0.1) is 6.92 Å². The molecule has 0 unspecified atom stereocenters. The summed E-state index contributed by atoms with van der Waals surface area (Å²) in [6, 6.07) is 2.03. The second kappa shape index (κ2) is 11.5. The first-order valence-electron chi connectivity index (χ1n) is 9.56. The Morgan fingerprint density at radius 3 is 2.11 bits per heavy atom. The van der Waals surface area contributed by atoms with Gasteiger partial charge < -0.3 is 19.6 Å². The number of rotatable bonds is 3. The van der Waals surface area contributed by atoms with Crippen LogP contribution in [-0.4, -0.2) is 60.3 Å². The van der Waals surface area contributed by atoms with Crippen molar-refractivity contribution >= 4 is 11.8 Å². The number of hydrogen-bond acceptors (Lipinski definition) is 6. The van der Waals surface area contributed by atoms with E-state index in [1.54, 1.807) is 20.8 Å². The van der Waals surface area contributed by atoms with Gasteiger partial charge in [-0.25, -0.2) is 4.98 Å². The average molecular weight is 402 g/mol. The van der Waals surface area contributed by atoms with Crippen molar-refractivity contribution in [3.63, 3.8) is 0 Å². The van der Waals surface area contributed by atoms with Crippen LogP contribution in [0.4, 0.5) is 5.82 Å². The molecule has 1 aliphatic heterocycles. The van der Waals surface area contributed by atoms with Crippen molar-refractivity contribution in [2.45, 2.75) is 66.1 Å². The van der Waals surface area contributed by atoms with Crippen molar-refractivity contribution in [3.05, 3.63) is 23.4 Å². The maximum Gasteiger partial charge on any atom is 1.00 e. The molecule has 6 nitrogen and oxygen atoms in total. The van der Waals surface area contributed by atoms with Gasteiger partial charge in [0, 0.05) is 32.4 Å². The van der Waals surface area contributed by atoms with Crippen LogP contribution in [-0.2, 0) is 16.0 Å². The second-order valence-corrected chi connectivity index (χ2v) is 9.13. The molecule has 0 saturated carbocycles. The predicted molar refractivity (Wildman–Crippen MR) is 108 cm³/mol. The molecule has 2 rings (SSSR count). The fourth-order valence-corrected chi connectivity index (χ4v) is 2.48. The van der Waals surface area contributed by atoms with Crippen LogP contribution in [0.2, 0.25) is 0 Å². The molecule has 7 heteroatoms. The van der Waals surface area contributed by atoms with Gasteiger partial charge in [-0.1, -0.05) is 20.8 Å². The van der Waals surface area contributed by atoms with Gasteiger partial charge in [0.05, 0.1) is 6.42 Å². The molecule has 2 heterocycles. The third-order valence-corrected chi connectivity index (χ3v) is 3.78. The monoisotopic (exact) mass is 401 g/mol. The Kier molecular flexibility index (Phi) is 11.2. The first-order valence-corrected chi connectivity index (χ1v) is 9.56. The van der Waals surface area contributed by atoms with Crippen LogP contribution in [0.25, 0.3) is 0 Å². The van der Waals surface area contributed by atoms with Gasteiger partial charge in [0.2, 0.25) is 0 Å². The summed E-state index contributed by atoms with van der Waals surface area (Å²) in [7, 11) is 2.13. The van der Waals surface area contributed by atoms with Crippen LogP contribution in [0.1, 0.15) is 52.7 Å². The number of carbonyl (C=O) groups is 1. The van der Waals surface area contributed by atoms with Crippen LogP contribution < -0.4 is 39.6 Å². The Bertz CT molecular complexity index is 610. The molecule has 1 fully saturated rings. The summed E-state index contributed by atoms with van der Waals surface area (Å²) in [6.45, 7) is 16.6. The molecule has 28 heavy (non-hydrogen) atoms. The van der Waals surface area contributed by atoms with Crippen LogP contribution in [0.3, 0.4) is 0 Å². The number of likely N-dealkylation sites (N-methyl/N-ethyl adjacent to an activating group) is 1. The van der Waals surface area contributed by atoms with Gasteiger partial charge in [-0.3, -0.25) is 4.79 Å². The molecule has 0 aliphatic carbocycles. The minimum Gasteiger partial charge on any atom is -0.850 e. The van der Waals surface area contributed by atoms with Gasteiger partial charge in [-0.05, 0) is 51.9 Å². The number of ether oxygens (including phenoxy) is 1. The minimum atomic E-state index is -0.750. The SMILES string of the molecule is CC(C)(C)[O-].Cc1cnc(N2CCN(C)CC2)cc1CC(=O)OC(C)(C)C.[Na+]. The molecule has 154 valence electrons. The molecule has 1 aliphatic rings. The van der Waals surface area contributed by atoms with Gasteiger partial charge in [-0.15, -0.1) is 5.60 Å². The van der Waals surface area contributed by atoms with E-state index < -0.39 is 11.2 Å². The molecule has 1 saturated heterocycles. The summed E-state index contributed by atoms with van der Waals surface area (Å²) < 4.78 is 5.42. The van der Waals surface area contributed by atoms with E-state index in [9.17, 15) is 9.90 Å². The van der Waals surface area contributed by atoms with Crippen molar-refractivity contribution in [1.82, 2.24) is 9.88 Å². The van der Waals surface area contributed by atoms with E-state index in [1.165, 1.54) is 0 Å². The number of nitrogens with zero attached hydrogens (tertiary/aromatic N) is 3. The van der Waals surface area contributed by atoms with Gasteiger partial charge in [-0.2, -0.15) is 0 Å². The van der Waals surface area contributed by atoms with E-state index in [-0.39, 0.29) is 35.5 Å². The first-order chi connectivity index (χ1) is 12.2. The Labute approximate surface area is 192 Å². The summed E-state index contributed by atoms with van der Waals surface area (Å²) in [5, 5.41) is 10.1. The summed E-state index contributed by atoms with van der Waals surface area (Å²) in [5.74, 6) is 0.767. The molecule has 0 bridgehead atoms. The topological polar surface area (TPSA) is 68.7 Å². The fourth-order valence-electron chi connectivity index (χ4n) is 2.48. The van der Waals surface area contributed by atoms with Crippen LogP contribution >= 0.6 is 0 Å². The van der Waals surface area contributed by atoms with Gasteiger partial charge in [0.25, 0.3) is 0 Å². The molecule has 0 N–H and O–H groups in total. The summed E-state index contributed by atoms with van der Waals surface area (Å²) in [4.78, 5) is 21.2. The molecule has 1 aromatic rings. The fraction of sp³-hybridized carbons (Fsp3) is 0.714. The third kappa shape index (κ3) is 12.0. The molecule has 0 amide bonds. The normalized spacial score (nSPS) is 15.2. The van der Waals surface area contributed by atoms with Gasteiger partial charge >= 0.3 is 35.5 Å². The summed E-state index contributed by atoms with van der Waals surface area (Å²) >= 11 is 0. The smallest absolute Gasteiger partial charge is 0.850 e. The van der Waals surface area contributed by atoms with Gasteiger partial charge in [0.1, 0.15) is 11.4 Å². The van der Waals surface area contributed by atoms with E-state index in [0.29, 0.717) is 6.42 Å². The quantitative estimate of drug-likeness (QED) is 0.487. The zero-order valence-electron chi connectivity index (χ0n) is 19.3. The van der Waals surface area contributed by atoms with Crippen molar-refractivity contribution < 1.29 is 44.2 Å². The largest absolute Gasteiger partial charge is 1.00 e. The summed E-state index contributed by atoms with van der Waals surface area (Å²) in [6.07, 6.45) is 2.15. The standard InChI is InChI=1S/C17H27N3O2.C4H9O.Na/c1-13-12-18-15(20-8-6-19(5)7-9-20)10-14(13)11-16(21)22-17(2,3)4;1-4(2,3)5;/h10,12H,6-9,11H2,1-5H3;1-3H3;/q;-1;+1. The van der Waals surface area contributed by atoms with E-state index in [2.05, 4.69) is 21.8 Å². The second-order valence-electron chi connectivity index (χ2n) is 9.13. The average Bonchev–Trinajstić information content (AvgIpc) is 2.47. The molecule has 0 atom stereocenters. The zero-order valence-corrected chi connectivity index (χ0v) is 21.3. The van der Waals surface area contributed by atoms with Crippen molar-refractivity contribution in [2.24, 2.45) is 0 Å². The number of aromatic nitrogens is 1. The van der Waals surface area contributed by atoms with Crippen LogP contribution in [0.5, 0.6) is 0 Å². The molecular formula is C21H36N3NaO3. The first kappa shape index (κ1) is 27.3. The molecule has 0 aromatic carbocycles. The number of aryl methyl sites for hydroxylation is 1. The van der Waals surface area contributed by atoms with Crippen molar-refractivity contribution in [1.29, 1.82) is 0 Å². The minimum absolute atomic E-state index is 0. The van der Waals surface area contributed by atoms with Crippen molar-refractivity contribution in [2.75, 3.05) is 38.1 Å². The van der Waals surface area contributed by atoms with E-state index in [1.807, 2.05) is 40.0 Å². The van der Waals surface area contributed by atoms with Crippen molar-refractivity contribution in [3.8, 4) is 0 Å². The zero-order chi connectivity index (χ0) is 20.8. The third-order valence-electron chi connectivity index (χ3n) is 3.78. The number of pyridine rings is 1. The number of esters is 1. The van der Waals surface area contributed by atoms with Gasteiger partial charge in [0.15, 0.2) is 0 Å². The number of piperazine rings is 1. The summed E-state index contributed by atoms with van der Waals surface area (Å²) in [5.41, 5.74) is 0.833. The van der Waals surface area contributed by atoms with E-state index in [4.69, 9.17) is 4.74 Å². The van der Waals surface area contributed by atoms with E-state index >= 15 is 0 Å². The predicted octanol–water partition coefficient (Wildman–Crippen LogP) is -0.825. The Morgan fingerprint density at radius 1 is 1.14 bits per heavy atom. The molecule has 1 aromatic heterocycles. The Morgan fingerprint density at radius 2 is 1.64 bits per heavy atom. The maximum atomic E-state index is 12.0. The Balaban J connectivity index is 0.00000108. The molecular weight excluding hydrogens is 365 g/mol. The molecule has 0 radical (unpaired) electrons. The number of carbonyl (C=O) groups excluding carboxylic acids is 1.